The van der Waals surface area contributed by atoms with Gasteiger partial charge in [-0.1, -0.05) is 33.6 Å². The molecule has 1 fully saturated rings. The van der Waals surface area contributed by atoms with Crippen LogP contribution in [-0.4, -0.2) is 49.6 Å². The molecule has 1 aliphatic carbocycles. The van der Waals surface area contributed by atoms with Gasteiger partial charge in [0, 0.05) is 24.9 Å². The SMILES string of the molecule is CCCNCC1(CN(C)C(CC)CSC)CCC(C)CC1. The van der Waals surface area contributed by atoms with Crippen LogP contribution in [0.2, 0.25) is 0 Å². The molecule has 126 valence electrons. The maximum atomic E-state index is 3.72. The minimum atomic E-state index is 0.516. The maximum Gasteiger partial charge on any atom is 0.0180 e. The molecule has 21 heavy (non-hydrogen) atoms. The quantitative estimate of drug-likeness (QED) is 0.607. The van der Waals surface area contributed by atoms with Crippen LogP contribution in [0.1, 0.15) is 59.3 Å². The van der Waals surface area contributed by atoms with E-state index in [1.54, 1.807) is 0 Å². The fourth-order valence-electron chi connectivity index (χ4n) is 3.70. The van der Waals surface area contributed by atoms with Crippen molar-refractivity contribution in [2.75, 3.05) is 38.7 Å². The van der Waals surface area contributed by atoms with Crippen molar-refractivity contribution in [3.63, 3.8) is 0 Å². The molecule has 2 nitrogen and oxygen atoms in total. The van der Waals surface area contributed by atoms with Crippen molar-refractivity contribution < 1.29 is 0 Å². The zero-order chi connectivity index (χ0) is 15.7. The average molecular weight is 315 g/mol. The average Bonchev–Trinajstić information content (AvgIpc) is 2.48. The summed E-state index contributed by atoms with van der Waals surface area (Å²) in [5, 5.41) is 3.72. The molecule has 0 aromatic heterocycles. The summed E-state index contributed by atoms with van der Waals surface area (Å²) >= 11 is 1.99. The first-order valence-corrected chi connectivity index (χ1v) is 10.4. The molecule has 3 heteroatoms. The lowest BCUT2D eigenvalue weighted by molar-refractivity contribution is 0.0823. The minimum Gasteiger partial charge on any atom is -0.316 e. The Morgan fingerprint density at radius 2 is 1.95 bits per heavy atom. The van der Waals surface area contributed by atoms with E-state index in [4.69, 9.17) is 0 Å². The summed E-state index contributed by atoms with van der Waals surface area (Å²) in [5.74, 6) is 2.20. The van der Waals surface area contributed by atoms with Crippen molar-refractivity contribution in [2.24, 2.45) is 11.3 Å². The molecule has 1 N–H and O–H groups in total. The second kappa shape index (κ2) is 10.1. The molecule has 0 aromatic rings. The van der Waals surface area contributed by atoms with Crippen LogP contribution in [0.5, 0.6) is 0 Å². The lowest BCUT2D eigenvalue weighted by Gasteiger charge is -2.44. The van der Waals surface area contributed by atoms with Gasteiger partial charge in [0.25, 0.3) is 0 Å². The summed E-state index contributed by atoms with van der Waals surface area (Å²) in [6.45, 7) is 10.7. The molecule has 0 bridgehead atoms. The number of hydrogen-bond acceptors (Lipinski definition) is 3. The van der Waals surface area contributed by atoms with Gasteiger partial charge in [-0.3, -0.25) is 0 Å². The largest absolute Gasteiger partial charge is 0.316 e. The van der Waals surface area contributed by atoms with E-state index in [1.807, 2.05) is 11.8 Å². The molecule has 0 saturated heterocycles. The first-order valence-electron chi connectivity index (χ1n) is 8.96. The van der Waals surface area contributed by atoms with Gasteiger partial charge in [0.05, 0.1) is 0 Å². The van der Waals surface area contributed by atoms with Gasteiger partial charge < -0.3 is 10.2 Å². The number of hydrogen-bond donors (Lipinski definition) is 1. The number of rotatable bonds is 10. The third-order valence-electron chi connectivity index (χ3n) is 5.30. The van der Waals surface area contributed by atoms with Gasteiger partial charge in [0.1, 0.15) is 0 Å². The van der Waals surface area contributed by atoms with Gasteiger partial charge >= 0.3 is 0 Å². The topological polar surface area (TPSA) is 15.3 Å². The monoisotopic (exact) mass is 314 g/mol. The van der Waals surface area contributed by atoms with Crippen molar-refractivity contribution in [3.8, 4) is 0 Å². The number of nitrogens with zero attached hydrogens (tertiary/aromatic N) is 1. The van der Waals surface area contributed by atoms with E-state index in [0.717, 1.165) is 12.0 Å². The molecule has 1 aliphatic rings. The van der Waals surface area contributed by atoms with E-state index in [0.29, 0.717) is 5.41 Å². The highest BCUT2D eigenvalue weighted by molar-refractivity contribution is 7.98. The molecule has 0 aliphatic heterocycles. The van der Waals surface area contributed by atoms with E-state index in [9.17, 15) is 0 Å². The van der Waals surface area contributed by atoms with Crippen LogP contribution in [0, 0.1) is 11.3 Å². The first-order chi connectivity index (χ1) is 10.1. The van der Waals surface area contributed by atoms with Gasteiger partial charge in [-0.2, -0.15) is 11.8 Å². The Kier molecular flexibility index (Phi) is 9.31. The normalized spacial score (nSPS) is 28.0. The molecule has 0 heterocycles. The Morgan fingerprint density at radius 3 is 2.48 bits per heavy atom. The van der Waals surface area contributed by atoms with Crippen molar-refractivity contribution in [1.29, 1.82) is 0 Å². The fourth-order valence-corrected chi connectivity index (χ4v) is 4.58. The third-order valence-corrected chi connectivity index (χ3v) is 6.02. The zero-order valence-electron chi connectivity index (χ0n) is 15.1. The molecular formula is C18H38N2S. The lowest BCUT2D eigenvalue weighted by Crippen LogP contribution is -2.48. The number of nitrogens with one attached hydrogen (secondary N) is 1. The Hall–Kier alpha value is 0.270. The van der Waals surface area contributed by atoms with Gasteiger partial charge in [-0.25, -0.2) is 0 Å². The molecule has 1 rings (SSSR count). The molecule has 0 aromatic carbocycles. The van der Waals surface area contributed by atoms with Gasteiger partial charge in [0.15, 0.2) is 0 Å². The standard InChI is InChI=1S/C18H38N2S/c1-6-12-19-14-18(10-8-16(3)9-11-18)15-20(4)17(7-2)13-21-5/h16-17,19H,6-15H2,1-5H3. The summed E-state index contributed by atoms with van der Waals surface area (Å²) in [5.41, 5.74) is 0.516. The van der Waals surface area contributed by atoms with E-state index in [-0.39, 0.29) is 0 Å². The molecule has 1 saturated carbocycles. The Bertz CT molecular complexity index is 262. The number of thioether (sulfide) groups is 1. The summed E-state index contributed by atoms with van der Waals surface area (Å²) in [7, 11) is 2.35. The van der Waals surface area contributed by atoms with Crippen LogP contribution >= 0.6 is 11.8 Å². The van der Waals surface area contributed by atoms with Crippen LogP contribution in [0.25, 0.3) is 0 Å². The van der Waals surface area contributed by atoms with Crippen molar-refractivity contribution in [1.82, 2.24) is 10.2 Å². The fraction of sp³-hybridized carbons (Fsp3) is 1.00. The molecule has 0 spiro atoms. The van der Waals surface area contributed by atoms with E-state index < -0.39 is 0 Å². The van der Waals surface area contributed by atoms with Crippen molar-refractivity contribution in [3.05, 3.63) is 0 Å². The van der Waals surface area contributed by atoms with Crippen LogP contribution in [-0.2, 0) is 0 Å². The zero-order valence-corrected chi connectivity index (χ0v) is 15.9. The second-order valence-electron chi connectivity index (χ2n) is 7.29. The Morgan fingerprint density at radius 1 is 1.29 bits per heavy atom. The third kappa shape index (κ3) is 6.50. The molecule has 0 amide bonds. The highest BCUT2D eigenvalue weighted by Gasteiger charge is 2.35. The van der Waals surface area contributed by atoms with Gasteiger partial charge in [0.2, 0.25) is 0 Å². The van der Waals surface area contributed by atoms with Crippen LogP contribution in [0.15, 0.2) is 0 Å². The smallest absolute Gasteiger partial charge is 0.0180 e. The highest BCUT2D eigenvalue weighted by Crippen LogP contribution is 2.39. The molecule has 1 atom stereocenters. The van der Waals surface area contributed by atoms with Crippen LogP contribution in [0.4, 0.5) is 0 Å². The van der Waals surface area contributed by atoms with E-state index in [1.165, 1.54) is 63.9 Å². The second-order valence-corrected chi connectivity index (χ2v) is 8.20. The van der Waals surface area contributed by atoms with Crippen molar-refractivity contribution in [2.45, 2.75) is 65.3 Å². The predicted molar refractivity (Wildman–Crippen MR) is 98.3 cm³/mol. The highest BCUT2D eigenvalue weighted by atomic mass is 32.2. The molecular weight excluding hydrogens is 276 g/mol. The maximum absolute atomic E-state index is 3.72. The lowest BCUT2D eigenvalue weighted by atomic mass is 9.70. The van der Waals surface area contributed by atoms with Crippen molar-refractivity contribution >= 4 is 11.8 Å². The van der Waals surface area contributed by atoms with E-state index in [2.05, 4.69) is 44.3 Å². The summed E-state index contributed by atoms with van der Waals surface area (Å²) in [6.07, 6.45) is 10.4. The van der Waals surface area contributed by atoms with Crippen LogP contribution < -0.4 is 5.32 Å². The summed E-state index contributed by atoms with van der Waals surface area (Å²) < 4.78 is 0. The summed E-state index contributed by atoms with van der Waals surface area (Å²) in [6, 6.07) is 0.738. The Labute approximate surface area is 137 Å². The summed E-state index contributed by atoms with van der Waals surface area (Å²) in [4.78, 5) is 2.65. The minimum absolute atomic E-state index is 0.516. The van der Waals surface area contributed by atoms with Crippen LogP contribution in [0.3, 0.4) is 0 Å². The van der Waals surface area contributed by atoms with Gasteiger partial charge in [-0.15, -0.1) is 0 Å². The van der Waals surface area contributed by atoms with E-state index >= 15 is 0 Å². The predicted octanol–water partition coefficient (Wildman–Crippen LogP) is 4.26. The Balaban J connectivity index is 2.62. The molecule has 1 unspecified atom stereocenters. The molecule has 0 radical (unpaired) electrons. The van der Waals surface area contributed by atoms with Gasteiger partial charge in [-0.05, 0) is 56.9 Å². The first kappa shape index (κ1) is 19.3.